The Morgan fingerprint density at radius 1 is 1.06 bits per heavy atom. The predicted octanol–water partition coefficient (Wildman–Crippen LogP) is 7.05. The number of hydrogen-bond donors (Lipinski definition) is 0. The quantitative estimate of drug-likeness (QED) is 0.217. The van der Waals surface area contributed by atoms with Gasteiger partial charge in [0.2, 0.25) is 0 Å². The molecule has 0 aliphatic carbocycles. The highest BCUT2D eigenvalue weighted by molar-refractivity contribution is 7.98. The number of halogens is 3. The summed E-state index contributed by atoms with van der Waals surface area (Å²) in [5.41, 5.74) is 2.63. The summed E-state index contributed by atoms with van der Waals surface area (Å²) >= 11 is 3.79. The van der Waals surface area contributed by atoms with Crippen LogP contribution in [0.25, 0.3) is 21.6 Å². The number of benzene rings is 2. The third-order valence-corrected chi connectivity index (χ3v) is 8.18. The molecule has 0 bridgehead atoms. The van der Waals surface area contributed by atoms with Crippen LogP contribution in [0.15, 0.2) is 47.4 Å². The average molecular weight is 518 g/mol. The molecule has 3 heterocycles. The molecule has 0 aliphatic rings. The van der Waals surface area contributed by atoms with Gasteiger partial charge in [0.05, 0.1) is 17.2 Å². The first-order valence-electron chi connectivity index (χ1n) is 10.3. The molecule has 5 rings (SSSR count). The van der Waals surface area contributed by atoms with Crippen LogP contribution >= 0.6 is 34.4 Å². The van der Waals surface area contributed by atoms with Crippen LogP contribution in [0, 0.1) is 19.7 Å². The van der Waals surface area contributed by atoms with Crippen molar-refractivity contribution in [3.05, 3.63) is 74.4 Å². The summed E-state index contributed by atoms with van der Waals surface area (Å²) in [4.78, 5) is 6.12. The minimum atomic E-state index is -2.73. The molecule has 5 nitrogen and oxygen atoms in total. The Kier molecular flexibility index (Phi) is 6.41. The van der Waals surface area contributed by atoms with E-state index in [1.54, 1.807) is 4.68 Å². The summed E-state index contributed by atoms with van der Waals surface area (Å²) in [6.07, 6.45) is -2.73. The van der Waals surface area contributed by atoms with Gasteiger partial charge < -0.3 is 0 Å². The molecule has 0 N–H and O–H groups in total. The number of aryl methyl sites for hydroxylation is 2. The number of nitrogens with zero attached hydrogens (tertiary/aromatic N) is 5. The van der Waals surface area contributed by atoms with Gasteiger partial charge in [-0.3, -0.25) is 4.68 Å². The first-order valence-corrected chi connectivity index (χ1v) is 12.9. The molecule has 0 atom stereocenters. The standard InChI is InChI=1S/C23H18F3N5S3/c1-12-18(33-13(2)27-12)10-31-20-16(19(30-31)22-28-29-23(34-22)21(25)26)8-15(9-17(20)24)32-11-14-6-4-3-5-7-14/h3-9,21H,10-11H2,1-2H3. The van der Waals surface area contributed by atoms with E-state index in [4.69, 9.17) is 0 Å². The third-order valence-electron chi connectivity index (χ3n) is 5.14. The highest BCUT2D eigenvalue weighted by Crippen LogP contribution is 2.37. The molecule has 0 radical (unpaired) electrons. The van der Waals surface area contributed by atoms with Gasteiger partial charge in [-0.2, -0.15) is 5.10 Å². The molecule has 0 unspecified atom stereocenters. The number of hydrogen-bond acceptors (Lipinski definition) is 7. The first-order chi connectivity index (χ1) is 16.4. The van der Waals surface area contributed by atoms with E-state index >= 15 is 4.39 Å². The summed E-state index contributed by atoms with van der Waals surface area (Å²) in [5.74, 6) is 0.243. The second kappa shape index (κ2) is 9.47. The number of thiazole rings is 1. The smallest absolute Gasteiger partial charge is 0.256 e. The van der Waals surface area contributed by atoms with Gasteiger partial charge in [0.1, 0.15) is 17.0 Å². The van der Waals surface area contributed by atoms with E-state index < -0.39 is 12.2 Å². The summed E-state index contributed by atoms with van der Waals surface area (Å²) < 4.78 is 43.3. The molecule has 174 valence electrons. The van der Waals surface area contributed by atoms with Crippen molar-refractivity contribution in [2.75, 3.05) is 0 Å². The minimum absolute atomic E-state index is 0.237. The second-order valence-corrected chi connectivity index (χ2v) is 10.9. The lowest BCUT2D eigenvalue weighted by Crippen LogP contribution is -2.03. The third kappa shape index (κ3) is 4.59. The molecule has 0 aliphatic heterocycles. The summed E-state index contributed by atoms with van der Waals surface area (Å²) in [6, 6.07) is 13.2. The monoisotopic (exact) mass is 517 g/mol. The summed E-state index contributed by atoms with van der Waals surface area (Å²) in [7, 11) is 0. The van der Waals surface area contributed by atoms with E-state index in [-0.39, 0.29) is 10.0 Å². The van der Waals surface area contributed by atoms with Gasteiger partial charge >= 0.3 is 0 Å². The van der Waals surface area contributed by atoms with E-state index in [0.29, 0.717) is 28.9 Å². The second-order valence-electron chi connectivity index (χ2n) is 7.57. The van der Waals surface area contributed by atoms with Gasteiger partial charge in [-0.25, -0.2) is 18.2 Å². The van der Waals surface area contributed by atoms with Crippen LogP contribution in [0.2, 0.25) is 0 Å². The molecule has 0 fully saturated rings. The number of aromatic nitrogens is 5. The Morgan fingerprint density at radius 3 is 2.53 bits per heavy atom. The van der Waals surface area contributed by atoms with Gasteiger partial charge in [0, 0.05) is 20.9 Å². The van der Waals surface area contributed by atoms with Crippen molar-refractivity contribution < 1.29 is 13.2 Å². The lowest BCUT2D eigenvalue weighted by atomic mass is 10.2. The summed E-state index contributed by atoms with van der Waals surface area (Å²) in [6.45, 7) is 4.14. The van der Waals surface area contributed by atoms with Crippen LogP contribution in [0.1, 0.15) is 32.6 Å². The highest BCUT2D eigenvalue weighted by Gasteiger charge is 2.23. The lowest BCUT2D eigenvalue weighted by Gasteiger charge is -2.06. The van der Waals surface area contributed by atoms with E-state index in [9.17, 15) is 8.78 Å². The Bertz CT molecular complexity index is 1460. The zero-order valence-electron chi connectivity index (χ0n) is 18.1. The molecule has 0 saturated heterocycles. The number of alkyl halides is 2. The Balaban J connectivity index is 1.59. The SMILES string of the molecule is Cc1nc(C)c(Cn2nc(-c3nnc(C(F)F)s3)c3cc(SCc4ccccc4)cc(F)c32)s1. The summed E-state index contributed by atoms with van der Waals surface area (Å²) in [5, 5.41) is 13.4. The average Bonchev–Trinajstić information content (AvgIpc) is 3.51. The van der Waals surface area contributed by atoms with Crippen molar-refractivity contribution in [1.29, 1.82) is 0 Å². The largest absolute Gasteiger partial charge is 0.291 e. The minimum Gasteiger partial charge on any atom is -0.256 e. The van der Waals surface area contributed by atoms with E-state index in [0.717, 1.165) is 37.4 Å². The molecule has 3 aromatic heterocycles. The van der Waals surface area contributed by atoms with Gasteiger partial charge in [0.25, 0.3) is 6.43 Å². The molecule has 0 amide bonds. The predicted molar refractivity (Wildman–Crippen MR) is 130 cm³/mol. The zero-order valence-corrected chi connectivity index (χ0v) is 20.6. The Hall–Kier alpha value is -2.76. The van der Waals surface area contributed by atoms with E-state index in [1.807, 2.05) is 50.2 Å². The molecule has 5 aromatic rings. The Labute approximate surface area is 205 Å². The van der Waals surface area contributed by atoms with Crippen LogP contribution in [0.3, 0.4) is 0 Å². The van der Waals surface area contributed by atoms with Crippen LogP contribution in [0.4, 0.5) is 13.2 Å². The fourth-order valence-electron chi connectivity index (χ4n) is 3.61. The van der Waals surface area contributed by atoms with Crippen molar-refractivity contribution in [2.45, 2.75) is 37.5 Å². The molecule has 34 heavy (non-hydrogen) atoms. The van der Waals surface area contributed by atoms with Crippen LogP contribution in [-0.2, 0) is 12.3 Å². The van der Waals surface area contributed by atoms with E-state index in [2.05, 4.69) is 20.3 Å². The van der Waals surface area contributed by atoms with Crippen molar-refractivity contribution in [2.24, 2.45) is 0 Å². The van der Waals surface area contributed by atoms with Crippen LogP contribution < -0.4 is 0 Å². The molecule has 0 spiro atoms. The van der Waals surface area contributed by atoms with Gasteiger partial charge in [0.15, 0.2) is 10.0 Å². The maximum atomic E-state index is 15.5. The Morgan fingerprint density at radius 2 is 1.85 bits per heavy atom. The lowest BCUT2D eigenvalue weighted by molar-refractivity contribution is 0.150. The van der Waals surface area contributed by atoms with Gasteiger partial charge in [-0.05, 0) is 31.5 Å². The topological polar surface area (TPSA) is 56.5 Å². The van der Waals surface area contributed by atoms with E-state index in [1.165, 1.54) is 29.2 Å². The molecule has 11 heteroatoms. The van der Waals surface area contributed by atoms with Gasteiger partial charge in [-0.1, -0.05) is 41.7 Å². The van der Waals surface area contributed by atoms with Gasteiger partial charge in [-0.15, -0.1) is 33.3 Å². The fourth-order valence-corrected chi connectivity index (χ4v) is 6.14. The van der Waals surface area contributed by atoms with Crippen molar-refractivity contribution >= 4 is 45.3 Å². The van der Waals surface area contributed by atoms with Crippen molar-refractivity contribution in [1.82, 2.24) is 25.0 Å². The van der Waals surface area contributed by atoms with Crippen LogP contribution in [-0.4, -0.2) is 25.0 Å². The maximum Gasteiger partial charge on any atom is 0.291 e. The molecule has 2 aromatic carbocycles. The number of fused-ring (bicyclic) bond motifs is 1. The fraction of sp³-hybridized carbons (Fsp3) is 0.217. The number of rotatable bonds is 7. The van der Waals surface area contributed by atoms with Crippen molar-refractivity contribution in [3.63, 3.8) is 0 Å². The molecule has 0 saturated carbocycles. The van der Waals surface area contributed by atoms with Crippen molar-refractivity contribution in [3.8, 4) is 10.7 Å². The van der Waals surface area contributed by atoms with Crippen LogP contribution in [0.5, 0.6) is 0 Å². The molecular weight excluding hydrogens is 499 g/mol. The maximum absolute atomic E-state index is 15.5. The first kappa shape index (κ1) is 23.0. The normalized spacial score (nSPS) is 11.7. The molecular formula is C23H18F3N5S3. The zero-order chi connectivity index (χ0) is 23.8. The number of thioether (sulfide) groups is 1. The highest BCUT2D eigenvalue weighted by atomic mass is 32.2.